The Labute approximate surface area is 214 Å². The van der Waals surface area contributed by atoms with E-state index in [-0.39, 0.29) is 29.5 Å². The van der Waals surface area contributed by atoms with Crippen molar-refractivity contribution in [2.24, 2.45) is 11.7 Å². The van der Waals surface area contributed by atoms with Gasteiger partial charge in [-0.05, 0) is 73.2 Å². The Morgan fingerprint density at radius 1 is 1.16 bits per heavy atom. The minimum absolute atomic E-state index is 0.0413. The monoisotopic (exact) mass is 503 g/mol. The van der Waals surface area contributed by atoms with Gasteiger partial charge in [0.25, 0.3) is 5.91 Å². The topological polar surface area (TPSA) is 112 Å². The number of amides is 2. The zero-order chi connectivity index (χ0) is 26.5. The molecular weight excluding hydrogens is 473 g/mol. The molecule has 3 N–H and O–H groups in total. The maximum atomic E-state index is 14.7. The van der Waals surface area contributed by atoms with Gasteiger partial charge in [0, 0.05) is 12.7 Å². The Balaban J connectivity index is 0.00000156. The summed E-state index contributed by atoms with van der Waals surface area (Å²) in [5.74, 6) is -0.844. The highest BCUT2D eigenvalue weighted by Crippen LogP contribution is 2.34. The Morgan fingerprint density at radius 2 is 1.95 bits per heavy atom. The van der Waals surface area contributed by atoms with Gasteiger partial charge in [-0.1, -0.05) is 26.0 Å². The summed E-state index contributed by atoms with van der Waals surface area (Å²) in [5, 5.41) is 2.89. The number of nitrogens with one attached hydrogen (secondary N) is 1. The fourth-order valence-corrected chi connectivity index (χ4v) is 3.93. The van der Waals surface area contributed by atoms with Crippen molar-refractivity contribution in [2.45, 2.75) is 46.6 Å². The first-order chi connectivity index (χ1) is 17.9. The van der Waals surface area contributed by atoms with Crippen LogP contribution in [-0.4, -0.2) is 26.3 Å². The molecule has 1 fully saturated rings. The van der Waals surface area contributed by atoms with Crippen molar-refractivity contribution < 1.29 is 18.7 Å². The van der Waals surface area contributed by atoms with Crippen LogP contribution in [0.1, 0.15) is 48.2 Å². The van der Waals surface area contributed by atoms with E-state index in [0.29, 0.717) is 17.4 Å². The number of nitrogens with zero attached hydrogens (tertiary/aromatic N) is 3. The molecule has 0 saturated heterocycles. The molecule has 0 atom stereocenters. The zero-order valence-corrected chi connectivity index (χ0v) is 21.1. The SMILES string of the molecule is CC.Cc1ccc2nc(NC(=O)Cc3ccc(Oc4ncccc4C(N)=O)c(F)c3)n(CC3CC3)c2c1. The average molecular weight is 504 g/mol. The summed E-state index contributed by atoms with van der Waals surface area (Å²) in [4.78, 5) is 32.9. The first-order valence-corrected chi connectivity index (χ1v) is 12.3. The average Bonchev–Trinajstić information content (AvgIpc) is 3.64. The summed E-state index contributed by atoms with van der Waals surface area (Å²) in [6, 6.07) is 13.2. The van der Waals surface area contributed by atoms with Gasteiger partial charge in [0.1, 0.15) is 5.56 Å². The molecule has 1 aliphatic carbocycles. The summed E-state index contributed by atoms with van der Waals surface area (Å²) >= 11 is 0. The number of carbonyl (C=O) groups excluding carboxylic acids is 2. The lowest BCUT2D eigenvalue weighted by Crippen LogP contribution is -2.18. The summed E-state index contributed by atoms with van der Waals surface area (Å²) in [5.41, 5.74) is 8.76. The maximum absolute atomic E-state index is 14.7. The van der Waals surface area contributed by atoms with E-state index in [0.717, 1.165) is 23.1 Å². The smallest absolute Gasteiger partial charge is 0.254 e. The van der Waals surface area contributed by atoms with Crippen LogP contribution in [0.15, 0.2) is 54.7 Å². The van der Waals surface area contributed by atoms with Crippen LogP contribution in [-0.2, 0) is 17.8 Å². The Kier molecular flexibility index (Phi) is 7.81. The van der Waals surface area contributed by atoms with Crippen LogP contribution < -0.4 is 15.8 Å². The first-order valence-electron chi connectivity index (χ1n) is 12.3. The number of fused-ring (bicyclic) bond motifs is 1. The second kappa shape index (κ2) is 11.2. The molecule has 2 heterocycles. The molecule has 2 amide bonds. The Morgan fingerprint density at radius 3 is 2.65 bits per heavy atom. The molecule has 0 radical (unpaired) electrons. The Bertz CT molecular complexity index is 1450. The number of halogens is 1. The van der Waals surface area contributed by atoms with Gasteiger partial charge in [0.05, 0.1) is 17.5 Å². The van der Waals surface area contributed by atoms with E-state index >= 15 is 0 Å². The normalized spacial score (nSPS) is 12.5. The van der Waals surface area contributed by atoms with Crippen LogP contribution in [0, 0.1) is 18.7 Å². The molecule has 5 rings (SSSR count). The zero-order valence-electron chi connectivity index (χ0n) is 21.1. The van der Waals surface area contributed by atoms with Gasteiger partial charge in [-0.3, -0.25) is 14.9 Å². The van der Waals surface area contributed by atoms with Crippen LogP contribution >= 0.6 is 0 Å². The molecule has 0 spiro atoms. The summed E-state index contributed by atoms with van der Waals surface area (Å²) in [7, 11) is 0. The van der Waals surface area contributed by atoms with Crippen molar-refractivity contribution in [3.8, 4) is 11.6 Å². The maximum Gasteiger partial charge on any atom is 0.254 e. The number of benzene rings is 2. The first kappa shape index (κ1) is 25.8. The fraction of sp³-hybridized carbons (Fsp3) is 0.286. The molecule has 37 heavy (non-hydrogen) atoms. The third-order valence-corrected chi connectivity index (χ3v) is 5.90. The summed E-state index contributed by atoms with van der Waals surface area (Å²) in [6.07, 6.45) is 3.72. The molecule has 9 heteroatoms. The van der Waals surface area contributed by atoms with Crippen molar-refractivity contribution in [2.75, 3.05) is 5.32 Å². The minimum atomic E-state index is -0.732. The van der Waals surface area contributed by atoms with E-state index in [1.807, 2.05) is 32.9 Å². The predicted molar refractivity (Wildman–Crippen MR) is 140 cm³/mol. The number of pyridine rings is 1. The van der Waals surface area contributed by atoms with Crippen LogP contribution in [0.5, 0.6) is 11.6 Å². The van der Waals surface area contributed by atoms with E-state index in [1.165, 1.54) is 43.3 Å². The number of primary amides is 1. The molecule has 2 aromatic heterocycles. The van der Waals surface area contributed by atoms with Crippen molar-refractivity contribution in [1.82, 2.24) is 14.5 Å². The highest BCUT2D eigenvalue weighted by molar-refractivity contribution is 5.95. The van der Waals surface area contributed by atoms with E-state index in [4.69, 9.17) is 10.5 Å². The standard InChI is InChI=1S/C26H24FN5O3.C2H6/c1-15-4-8-20-21(11-15)32(14-16-5-6-16)26(30-20)31-23(33)13-17-7-9-22(19(27)12-17)35-25-18(24(28)34)3-2-10-29-25;1-2/h2-4,7-12,16H,5-6,13-14H2,1H3,(H2,28,34)(H,30,31,33);1-2H3. The minimum Gasteiger partial charge on any atom is -0.435 e. The number of nitrogens with two attached hydrogens (primary N) is 1. The second-order valence-electron chi connectivity index (χ2n) is 8.79. The number of rotatable bonds is 8. The molecule has 0 unspecified atom stereocenters. The molecule has 8 nitrogen and oxygen atoms in total. The van der Waals surface area contributed by atoms with Gasteiger partial charge in [0.2, 0.25) is 17.7 Å². The number of aryl methyl sites for hydroxylation is 1. The molecule has 4 aromatic rings. The van der Waals surface area contributed by atoms with Gasteiger partial charge in [-0.15, -0.1) is 0 Å². The molecule has 192 valence electrons. The van der Waals surface area contributed by atoms with Crippen LogP contribution in [0.3, 0.4) is 0 Å². The summed E-state index contributed by atoms with van der Waals surface area (Å²) in [6.45, 7) is 6.83. The van der Waals surface area contributed by atoms with Crippen molar-refractivity contribution >= 4 is 28.8 Å². The van der Waals surface area contributed by atoms with Gasteiger partial charge < -0.3 is 15.0 Å². The van der Waals surface area contributed by atoms with Crippen LogP contribution in [0.25, 0.3) is 11.0 Å². The van der Waals surface area contributed by atoms with Crippen molar-refractivity contribution in [3.05, 3.63) is 77.2 Å². The summed E-state index contributed by atoms with van der Waals surface area (Å²) < 4.78 is 22.2. The number of aromatic nitrogens is 3. The molecule has 2 aromatic carbocycles. The quantitative estimate of drug-likeness (QED) is 0.335. The molecule has 1 saturated carbocycles. The Hall–Kier alpha value is -4.27. The number of carbonyl (C=O) groups is 2. The number of anilines is 1. The highest BCUT2D eigenvalue weighted by atomic mass is 19.1. The van der Waals surface area contributed by atoms with E-state index in [1.54, 1.807) is 6.07 Å². The second-order valence-corrected chi connectivity index (χ2v) is 8.79. The lowest BCUT2D eigenvalue weighted by atomic mass is 10.1. The van der Waals surface area contributed by atoms with Gasteiger partial charge >= 0.3 is 0 Å². The lowest BCUT2D eigenvalue weighted by Gasteiger charge is -2.11. The van der Waals surface area contributed by atoms with E-state index in [2.05, 4.69) is 25.9 Å². The molecule has 1 aliphatic rings. The fourth-order valence-electron chi connectivity index (χ4n) is 3.93. The van der Waals surface area contributed by atoms with Gasteiger partial charge in [-0.25, -0.2) is 14.4 Å². The van der Waals surface area contributed by atoms with Crippen molar-refractivity contribution in [3.63, 3.8) is 0 Å². The number of hydrogen-bond acceptors (Lipinski definition) is 5. The van der Waals surface area contributed by atoms with Crippen LogP contribution in [0.2, 0.25) is 0 Å². The number of imidazole rings is 1. The van der Waals surface area contributed by atoms with Gasteiger partial charge in [-0.2, -0.15) is 0 Å². The van der Waals surface area contributed by atoms with Crippen molar-refractivity contribution in [1.29, 1.82) is 0 Å². The third-order valence-electron chi connectivity index (χ3n) is 5.90. The highest BCUT2D eigenvalue weighted by Gasteiger charge is 2.25. The number of hydrogen-bond donors (Lipinski definition) is 2. The molecule has 0 bridgehead atoms. The van der Waals surface area contributed by atoms with Gasteiger partial charge in [0.15, 0.2) is 11.6 Å². The predicted octanol–water partition coefficient (Wildman–Crippen LogP) is 5.39. The van der Waals surface area contributed by atoms with Crippen LogP contribution in [0.4, 0.5) is 10.3 Å². The van der Waals surface area contributed by atoms with E-state index in [9.17, 15) is 14.0 Å². The third kappa shape index (κ3) is 6.11. The number of ether oxygens (including phenoxy) is 1. The largest absolute Gasteiger partial charge is 0.435 e. The lowest BCUT2D eigenvalue weighted by molar-refractivity contribution is -0.115. The molecular formula is C28H30FN5O3. The van der Waals surface area contributed by atoms with E-state index < -0.39 is 11.7 Å². The molecule has 0 aliphatic heterocycles.